The van der Waals surface area contributed by atoms with Gasteiger partial charge in [0.2, 0.25) is 17.7 Å². The fourth-order valence-electron chi connectivity index (χ4n) is 6.14. The SMILES string of the molecule is CC(=O)NCCCCC(NC(O)C1Cc2ccccc2CN1C(=O)C(N)Cc1c(C)cc(O)cc1C)C(=O)NCc1ccccc1. The first-order valence-electron chi connectivity index (χ1n) is 16.0. The number of hydrogen-bond acceptors (Lipinski definition) is 7. The maximum Gasteiger partial charge on any atom is 0.240 e. The van der Waals surface area contributed by atoms with Crippen LogP contribution < -0.4 is 21.7 Å². The van der Waals surface area contributed by atoms with Gasteiger partial charge in [-0.15, -0.1) is 0 Å². The summed E-state index contributed by atoms with van der Waals surface area (Å²) in [6, 6.07) is 18.4. The lowest BCUT2D eigenvalue weighted by Crippen LogP contribution is -2.61. The maximum atomic E-state index is 14.0. The van der Waals surface area contributed by atoms with Crippen LogP contribution in [-0.4, -0.2) is 63.7 Å². The molecule has 0 fully saturated rings. The van der Waals surface area contributed by atoms with Crippen LogP contribution in [0, 0.1) is 13.8 Å². The van der Waals surface area contributed by atoms with E-state index in [9.17, 15) is 24.6 Å². The largest absolute Gasteiger partial charge is 0.508 e. The quantitative estimate of drug-likeness (QED) is 0.118. The predicted octanol–water partition coefficient (Wildman–Crippen LogP) is 2.73. The van der Waals surface area contributed by atoms with E-state index < -0.39 is 24.4 Å². The molecular formula is C36H47N5O5. The molecule has 0 aromatic heterocycles. The molecule has 46 heavy (non-hydrogen) atoms. The molecule has 3 amide bonds. The average molecular weight is 630 g/mol. The number of unbranched alkanes of at least 4 members (excludes halogenated alkanes) is 1. The van der Waals surface area contributed by atoms with Crippen molar-refractivity contribution in [2.45, 2.75) is 90.3 Å². The Morgan fingerprint density at radius 1 is 0.957 bits per heavy atom. The molecule has 10 nitrogen and oxygen atoms in total. The Morgan fingerprint density at radius 3 is 2.28 bits per heavy atom. The van der Waals surface area contributed by atoms with E-state index in [-0.39, 0.29) is 36.4 Å². The number of benzene rings is 3. The summed E-state index contributed by atoms with van der Waals surface area (Å²) in [6.07, 6.45) is 1.19. The maximum absolute atomic E-state index is 14.0. The van der Waals surface area contributed by atoms with Crippen LogP contribution in [0.2, 0.25) is 0 Å². The van der Waals surface area contributed by atoms with Crippen molar-refractivity contribution in [3.05, 3.63) is 100 Å². The number of amides is 3. The molecule has 246 valence electrons. The van der Waals surface area contributed by atoms with Gasteiger partial charge in [0, 0.05) is 26.6 Å². The number of phenols is 1. The van der Waals surface area contributed by atoms with Crippen molar-refractivity contribution in [3.63, 3.8) is 0 Å². The van der Waals surface area contributed by atoms with E-state index >= 15 is 0 Å². The van der Waals surface area contributed by atoms with Gasteiger partial charge in [-0.05, 0) is 91.5 Å². The molecule has 4 unspecified atom stereocenters. The Kier molecular flexibility index (Phi) is 12.3. The van der Waals surface area contributed by atoms with E-state index in [1.165, 1.54) is 6.92 Å². The molecule has 4 rings (SSSR count). The number of rotatable bonds is 14. The Bertz CT molecular complexity index is 1470. The summed E-state index contributed by atoms with van der Waals surface area (Å²) in [5.74, 6) is -0.501. The van der Waals surface area contributed by atoms with Crippen LogP contribution in [0.5, 0.6) is 5.75 Å². The Labute approximate surface area is 271 Å². The van der Waals surface area contributed by atoms with Crippen molar-refractivity contribution < 1.29 is 24.6 Å². The minimum Gasteiger partial charge on any atom is -0.508 e. The molecule has 0 spiro atoms. The second-order valence-corrected chi connectivity index (χ2v) is 12.2. The Hall–Kier alpha value is -4.25. The third-order valence-corrected chi connectivity index (χ3v) is 8.65. The molecule has 0 radical (unpaired) electrons. The Morgan fingerprint density at radius 2 is 1.61 bits per heavy atom. The number of nitrogens with zero attached hydrogens (tertiary/aromatic N) is 1. The van der Waals surface area contributed by atoms with Gasteiger partial charge in [-0.2, -0.15) is 0 Å². The smallest absolute Gasteiger partial charge is 0.240 e. The molecule has 0 saturated heterocycles. The molecule has 1 aliphatic rings. The summed E-state index contributed by atoms with van der Waals surface area (Å²) < 4.78 is 0. The highest BCUT2D eigenvalue weighted by Crippen LogP contribution is 2.27. The van der Waals surface area contributed by atoms with Gasteiger partial charge in [-0.3, -0.25) is 19.7 Å². The summed E-state index contributed by atoms with van der Waals surface area (Å²) in [6.45, 7) is 6.34. The average Bonchev–Trinajstić information content (AvgIpc) is 3.03. The molecule has 3 aromatic carbocycles. The van der Waals surface area contributed by atoms with Gasteiger partial charge >= 0.3 is 0 Å². The molecule has 0 bridgehead atoms. The lowest BCUT2D eigenvalue weighted by molar-refractivity contribution is -0.140. The van der Waals surface area contributed by atoms with E-state index in [1.807, 2.05) is 68.4 Å². The first kappa shape index (κ1) is 34.6. The lowest BCUT2D eigenvalue weighted by atomic mass is 9.90. The van der Waals surface area contributed by atoms with Crippen molar-refractivity contribution in [1.82, 2.24) is 20.9 Å². The van der Waals surface area contributed by atoms with Crippen LogP contribution in [0.4, 0.5) is 0 Å². The molecule has 1 heterocycles. The van der Waals surface area contributed by atoms with Crippen molar-refractivity contribution in [1.29, 1.82) is 0 Å². The highest BCUT2D eigenvalue weighted by molar-refractivity contribution is 5.83. The van der Waals surface area contributed by atoms with E-state index in [4.69, 9.17) is 5.73 Å². The van der Waals surface area contributed by atoms with Crippen molar-refractivity contribution >= 4 is 17.7 Å². The molecule has 3 aromatic rings. The second kappa shape index (κ2) is 16.4. The number of aliphatic hydroxyl groups excluding tert-OH is 1. The molecule has 0 saturated carbocycles. The highest BCUT2D eigenvalue weighted by Gasteiger charge is 2.38. The Balaban J connectivity index is 1.52. The lowest BCUT2D eigenvalue weighted by Gasteiger charge is -2.41. The van der Waals surface area contributed by atoms with Gasteiger partial charge in [0.25, 0.3) is 0 Å². The molecular weight excluding hydrogens is 582 g/mol. The van der Waals surface area contributed by atoms with Crippen molar-refractivity contribution in [2.24, 2.45) is 5.73 Å². The molecule has 7 N–H and O–H groups in total. The van der Waals surface area contributed by atoms with Gasteiger partial charge in [0.05, 0.1) is 18.1 Å². The number of hydrogen-bond donors (Lipinski definition) is 6. The summed E-state index contributed by atoms with van der Waals surface area (Å²) in [4.78, 5) is 40.4. The third-order valence-electron chi connectivity index (χ3n) is 8.65. The van der Waals surface area contributed by atoms with Crippen LogP contribution in [-0.2, 0) is 40.3 Å². The van der Waals surface area contributed by atoms with E-state index in [1.54, 1.807) is 17.0 Å². The molecule has 4 atom stereocenters. The number of aryl methyl sites for hydroxylation is 2. The van der Waals surface area contributed by atoms with Crippen molar-refractivity contribution in [2.75, 3.05) is 6.54 Å². The zero-order valence-electron chi connectivity index (χ0n) is 27.0. The summed E-state index contributed by atoms with van der Waals surface area (Å²) in [7, 11) is 0. The number of aliphatic hydroxyl groups is 1. The van der Waals surface area contributed by atoms with Gasteiger partial charge < -0.3 is 31.5 Å². The van der Waals surface area contributed by atoms with Gasteiger partial charge in [0.15, 0.2) is 0 Å². The summed E-state index contributed by atoms with van der Waals surface area (Å²) in [5, 5.41) is 30.5. The third kappa shape index (κ3) is 9.38. The number of nitrogens with one attached hydrogen (secondary N) is 3. The topological polar surface area (TPSA) is 157 Å². The van der Waals surface area contributed by atoms with E-state index in [0.717, 1.165) is 33.4 Å². The molecule has 1 aliphatic heterocycles. The first-order chi connectivity index (χ1) is 22.0. The van der Waals surface area contributed by atoms with Gasteiger partial charge in [-0.25, -0.2) is 0 Å². The van der Waals surface area contributed by atoms with Gasteiger partial charge in [0.1, 0.15) is 12.0 Å². The van der Waals surface area contributed by atoms with Crippen LogP contribution in [0.15, 0.2) is 66.7 Å². The van der Waals surface area contributed by atoms with Crippen LogP contribution in [0.1, 0.15) is 59.6 Å². The van der Waals surface area contributed by atoms with E-state index in [0.29, 0.717) is 38.8 Å². The predicted molar refractivity (Wildman–Crippen MR) is 177 cm³/mol. The monoisotopic (exact) mass is 629 g/mol. The fourth-order valence-corrected chi connectivity index (χ4v) is 6.14. The minimum absolute atomic E-state index is 0.109. The first-order valence-corrected chi connectivity index (χ1v) is 16.0. The minimum atomic E-state index is -1.22. The van der Waals surface area contributed by atoms with Crippen LogP contribution in [0.3, 0.4) is 0 Å². The fraction of sp³-hybridized carbons (Fsp3) is 0.417. The molecule has 10 heteroatoms. The number of phenolic OH excluding ortho intramolecular Hbond substituents is 1. The normalized spacial score (nSPS) is 16.2. The van der Waals surface area contributed by atoms with Gasteiger partial charge in [-0.1, -0.05) is 54.6 Å². The second-order valence-electron chi connectivity index (χ2n) is 12.2. The van der Waals surface area contributed by atoms with Crippen LogP contribution >= 0.6 is 0 Å². The number of carbonyl (C=O) groups is 3. The number of carbonyl (C=O) groups excluding carboxylic acids is 3. The molecule has 0 aliphatic carbocycles. The highest BCUT2D eigenvalue weighted by atomic mass is 16.3. The van der Waals surface area contributed by atoms with E-state index in [2.05, 4.69) is 16.0 Å². The zero-order chi connectivity index (χ0) is 33.2. The van der Waals surface area contributed by atoms with Crippen LogP contribution in [0.25, 0.3) is 0 Å². The number of aromatic hydroxyl groups is 1. The summed E-state index contributed by atoms with van der Waals surface area (Å²) in [5.41, 5.74) is 12.1. The summed E-state index contributed by atoms with van der Waals surface area (Å²) >= 11 is 0. The van der Waals surface area contributed by atoms with Crippen molar-refractivity contribution in [3.8, 4) is 5.75 Å². The number of fused-ring (bicyclic) bond motifs is 1. The standard InChI is InChI=1S/C36H47N5O5/c1-23-17-29(43)18-24(2)30(23)20-31(37)36(46)41-22-28-14-8-7-13-27(28)19-33(41)35(45)40-32(15-9-10-16-38-25(3)42)34(44)39-21-26-11-5-4-6-12-26/h4-8,11-14,17-18,31-33,35,40,43,45H,9-10,15-16,19-22,37H2,1-3H3,(H,38,42)(H,39,44). The zero-order valence-corrected chi connectivity index (χ0v) is 27.0. The number of nitrogens with two attached hydrogens (primary N) is 1.